The SMILES string of the molecule is CCCC(NC(=O)[C@@H](CCC)CCCCC(=O)C(NC(=O)OC(C)(C)C)C1CCCCC1)C(=O)C(=O)NCC(=O)NCc1ccccc1. The molecule has 0 saturated heterocycles. The maximum absolute atomic E-state index is 13.4. The van der Waals surface area contributed by atoms with Crippen LogP contribution >= 0.6 is 0 Å². The summed E-state index contributed by atoms with van der Waals surface area (Å²) in [5.41, 5.74) is 0.245. The number of hydrogen-bond acceptors (Lipinski definition) is 7. The molecule has 2 unspecified atom stereocenters. The standard InChI is InChI=1S/C37H58N4O7/c1-6-16-28(22-14-15-23-30(42)32(27-20-12-9-13-21-27)41-36(47)48-37(3,4)5)34(45)40-29(17-7-2)33(44)35(46)39-25-31(43)38-24-26-18-10-8-11-19-26/h8,10-11,18-19,27-29,32H,6-7,9,12-17,20-25H2,1-5H3,(H,38,43)(H,39,46)(H,40,45)(H,41,47)/t28-,29?,32?/m0/s1. The van der Waals surface area contributed by atoms with Crippen molar-refractivity contribution in [2.75, 3.05) is 6.54 Å². The van der Waals surface area contributed by atoms with Gasteiger partial charge in [-0.15, -0.1) is 0 Å². The second-order valence-electron chi connectivity index (χ2n) is 13.9. The first-order valence-corrected chi connectivity index (χ1v) is 17.8. The molecule has 1 saturated carbocycles. The lowest BCUT2D eigenvalue weighted by atomic mass is 9.81. The van der Waals surface area contributed by atoms with Gasteiger partial charge in [0, 0.05) is 18.9 Å². The van der Waals surface area contributed by atoms with Crippen molar-refractivity contribution in [1.82, 2.24) is 21.3 Å². The Hall–Kier alpha value is -3.76. The Kier molecular flexibility index (Phi) is 17.9. The monoisotopic (exact) mass is 670 g/mol. The Morgan fingerprint density at radius 1 is 0.833 bits per heavy atom. The number of carbonyl (C=O) groups excluding carboxylic acids is 6. The molecule has 3 atom stereocenters. The van der Waals surface area contributed by atoms with Crippen LogP contribution in [-0.2, 0) is 35.3 Å². The van der Waals surface area contributed by atoms with Gasteiger partial charge in [0.25, 0.3) is 5.91 Å². The Balaban J connectivity index is 1.88. The normalized spacial score (nSPS) is 15.4. The molecule has 4 amide bonds. The predicted octanol–water partition coefficient (Wildman–Crippen LogP) is 5.29. The van der Waals surface area contributed by atoms with Crippen LogP contribution in [0.4, 0.5) is 4.79 Å². The van der Waals surface area contributed by atoms with Gasteiger partial charge < -0.3 is 26.0 Å². The lowest BCUT2D eigenvalue weighted by Crippen LogP contribution is -2.50. The molecule has 1 aliphatic rings. The van der Waals surface area contributed by atoms with Gasteiger partial charge in [-0.05, 0) is 70.8 Å². The van der Waals surface area contributed by atoms with E-state index in [4.69, 9.17) is 4.74 Å². The zero-order valence-corrected chi connectivity index (χ0v) is 29.7. The first-order valence-electron chi connectivity index (χ1n) is 17.8. The van der Waals surface area contributed by atoms with Crippen LogP contribution in [0.3, 0.4) is 0 Å². The number of nitrogens with one attached hydrogen (secondary N) is 4. The number of alkyl carbamates (subject to hydrolysis) is 1. The van der Waals surface area contributed by atoms with Crippen LogP contribution < -0.4 is 21.3 Å². The lowest BCUT2D eigenvalue weighted by Gasteiger charge is -2.31. The van der Waals surface area contributed by atoms with E-state index >= 15 is 0 Å². The summed E-state index contributed by atoms with van der Waals surface area (Å²) in [6.45, 7) is 9.16. The Bertz CT molecular complexity index is 1190. The van der Waals surface area contributed by atoms with E-state index in [1.54, 1.807) is 20.8 Å². The van der Waals surface area contributed by atoms with Crippen molar-refractivity contribution in [2.24, 2.45) is 11.8 Å². The van der Waals surface area contributed by atoms with Gasteiger partial charge in [-0.2, -0.15) is 0 Å². The highest BCUT2D eigenvalue weighted by Crippen LogP contribution is 2.28. The van der Waals surface area contributed by atoms with Crippen LogP contribution in [0, 0.1) is 11.8 Å². The number of carbonyl (C=O) groups is 6. The third-order valence-corrected chi connectivity index (χ3v) is 8.55. The molecule has 0 bridgehead atoms. The fraction of sp³-hybridized carbons (Fsp3) is 0.676. The molecule has 1 aliphatic carbocycles. The Morgan fingerprint density at radius 3 is 2.12 bits per heavy atom. The number of amides is 4. The highest BCUT2D eigenvalue weighted by molar-refractivity contribution is 6.38. The molecule has 268 valence electrons. The second-order valence-corrected chi connectivity index (χ2v) is 13.9. The van der Waals surface area contributed by atoms with E-state index in [0.717, 1.165) is 44.1 Å². The van der Waals surface area contributed by atoms with Crippen molar-refractivity contribution in [2.45, 2.75) is 142 Å². The average Bonchev–Trinajstić information content (AvgIpc) is 3.05. The van der Waals surface area contributed by atoms with Crippen LogP contribution in [0.2, 0.25) is 0 Å². The van der Waals surface area contributed by atoms with Crippen LogP contribution in [0.25, 0.3) is 0 Å². The van der Waals surface area contributed by atoms with Crippen LogP contribution in [-0.4, -0.2) is 59.6 Å². The number of Topliss-reactive ketones (excluding diaryl/α,β-unsaturated/α-hetero) is 2. The summed E-state index contributed by atoms with van der Waals surface area (Å²) in [6, 6.07) is 7.74. The van der Waals surface area contributed by atoms with E-state index in [-0.39, 0.29) is 36.5 Å². The Labute approximate surface area is 286 Å². The third kappa shape index (κ3) is 15.4. The number of rotatable bonds is 20. The van der Waals surface area contributed by atoms with Crippen molar-refractivity contribution in [3.63, 3.8) is 0 Å². The van der Waals surface area contributed by atoms with E-state index in [0.29, 0.717) is 45.1 Å². The van der Waals surface area contributed by atoms with E-state index in [1.165, 1.54) is 0 Å². The number of benzene rings is 1. The van der Waals surface area contributed by atoms with Gasteiger partial charge in [-0.1, -0.05) is 82.7 Å². The first-order chi connectivity index (χ1) is 22.8. The molecule has 0 spiro atoms. The molecule has 0 heterocycles. The quantitative estimate of drug-likeness (QED) is 0.108. The first kappa shape index (κ1) is 40.4. The van der Waals surface area contributed by atoms with Crippen molar-refractivity contribution in [3.8, 4) is 0 Å². The topological polar surface area (TPSA) is 160 Å². The minimum absolute atomic E-state index is 0.0161. The summed E-state index contributed by atoms with van der Waals surface area (Å²) in [5.74, 6) is -2.73. The minimum Gasteiger partial charge on any atom is -0.444 e. The smallest absolute Gasteiger partial charge is 0.408 e. The summed E-state index contributed by atoms with van der Waals surface area (Å²) in [5, 5.41) is 10.7. The number of unbranched alkanes of at least 4 members (excludes halogenated alkanes) is 1. The summed E-state index contributed by atoms with van der Waals surface area (Å²) in [4.78, 5) is 77.1. The maximum Gasteiger partial charge on any atom is 0.408 e. The lowest BCUT2D eigenvalue weighted by molar-refractivity contribution is -0.141. The fourth-order valence-electron chi connectivity index (χ4n) is 6.08. The van der Waals surface area contributed by atoms with E-state index in [2.05, 4.69) is 21.3 Å². The van der Waals surface area contributed by atoms with Crippen LogP contribution in [0.1, 0.15) is 124 Å². The number of ketones is 2. The molecular formula is C37H58N4O7. The summed E-state index contributed by atoms with van der Waals surface area (Å²) in [7, 11) is 0. The molecule has 11 heteroatoms. The minimum atomic E-state index is -0.994. The van der Waals surface area contributed by atoms with Crippen molar-refractivity contribution < 1.29 is 33.5 Å². The molecule has 2 rings (SSSR count). The number of hydrogen-bond donors (Lipinski definition) is 4. The van der Waals surface area contributed by atoms with Gasteiger partial charge >= 0.3 is 6.09 Å². The molecular weight excluding hydrogens is 612 g/mol. The fourth-order valence-corrected chi connectivity index (χ4v) is 6.08. The molecule has 0 aromatic heterocycles. The molecule has 1 fully saturated rings. The molecule has 1 aromatic rings. The van der Waals surface area contributed by atoms with Gasteiger partial charge in [-0.3, -0.25) is 24.0 Å². The van der Waals surface area contributed by atoms with Crippen LogP contribution in [0.15, 0.2) is 30.3 Å². The predicted molar refractivity (Wildman–Crippen MR) is 185 cm³/mol. The van der Waals surface area contributed by atoms with Gasteiger partial charge in [0.2, 0.25) is 17.6 Å². The summed E-state index contributed by atoms with van der Waals surface area (Å²) in [6.07, 6.45) is 8.62. The average molecular weight is 671 g/mol. The maximum atomic E-state index is 13.4. The third-order valence-electron chi connectivity index (χ3n) is 8.55. The zero-order chi connectivity index (χ0) is 35.5. The van der Waals surface area contributed by atoms with E-state index in [9.17, 15) is 28.8 Å². The molecule has 11 nitrogen and oxygen atoms in total. The van der Waals surface area contributed by atoms with E-state index < -0.39 is 41.4 Å². The van der Waals surface area contributed by atoms with Crippen LogP contribution in [0.5, 0.6) is 0 Å². The van der Waals surface area contributed by atoms with Crippen molar-refractivity contribution in [3.05, 3.63) is 35.9 Å². The second kappa shape index (κ2) is 21.3. The molecule has 0 radical (unpaired) electrons. The largest absolute Gasteiger partial charge is 0.444 e. The molecule has 48 heavy (non-hydrogen) atoms. The zero-order valence-electron chi connectivity index (χ0n) is 29.7. The van der Waals surface area contributed by atoms with Gasteiger partial charge in [0.05, 0.1) is 18.6 Å². The highest BCUT2D eigenvalue weighted by atomic mass is 16.6. The van der Waals surface area contributed by atoms with Gasteiger partial charge in [-0.25, -0.2) is 4.79 Å². The molecule has 4 N–H and O–H groups in total. The Morgan fingerprint density at radius 2 is 1.50 bits per heavy atom. The van der Waals surface area contributed by atoms with Gasteiger partial charge in [0.15, 0.2) is 5.78 Å². The molecule has 0 aliphatic heterocycles. The van der Waals surface area contributed by atoms with Crippen molar-refractivity contribution in [1.29, 1.82) is 0 Å². The molecule has 1 aromatic carbocycles. The summed E-state index contributed by atoms with van der Waals surface area (Å²) < 4.78 is 5.44. The van der Waals surface area contributed by atoms with Gasteiger partial charge in [0.1, 0.15) is 5.60 Å². The highest BCUT2D eigenvalue weighted by Gasteiger charge is 2.32. The van der Waals surface area contributed by atoms with Crippen molar-refractivity contribution >= 4 is 35.4 Å². The number of ether oxygens (including phenoxy) is 1. The van der Waals surface area contributed by atoms with E-state index in [1.807, 2.05) is 44.2 Å². The summed E-state index contributed by atoms with van der Waals surface area (Å²) >= 11 is 0.